The molecule has 1 aliphatic heterocycles. The predicted octanol–water partition coefficient (Wildman–Crippen LogP) is 5.05. The SMILES string of the molecule is CSc1cccc2sc(N(CC3CCCO3)C(=O)c3ccc(C(C)=O)cc3)nc12. The number of carbonyl (C=O) groups is 2. The molecule has 3 aromatic rings. The second-order valence-corrected chi connectivity index (χ2v) is 8.84. The van der Waals surface area contributed by atoms with Crippen molar-refractivity contribution in [1.82, 2.24) is 4.98 Å². The zero-order chi connectivity index (χ0) is 20.4. The number of fused-ring (bicyclic) bond motifs is 1. The van der Waals surface area contributed by atoms with Crippen LogP contribution in [0.15, 0.2) is 47.4 Å². The second-order valence-electron chi connectivity index (χ2n) is 6.99. The van der Waals surface area contributed by atoms with Crippen molar-refractivity contribution in [3.05, 3.63) is 53.6 Å². The summed E-state index contributed by atoms with van der Waals surface area (Å²) in [7, 11) is 0. The van der Waals surface area contributed by atoms with Crippen LogP contribution in [0.5, 0.6) is 0 Å². The van der Waals surface area contributed by atoms with Gasteiger partial charge in [0.05, 0.1) is 22.9 Å². The zero-order valence-corrected chi connectivity index (χ0v) is 18.0. The van der Waals surface area contributed by atoms with Gasteiger partial charge in [0.25, 0.3) is 5.91 Å². The van der Waals surface area contributed by atoms with Gasteiger partial charge in [0, 0.05) is 22.6 Å². The van der Waals surface area contributed by atoms with Gasteiger partial charge in [0.1, 0.15) is 0 Å². The standard InChI is InChI=1S/C22H22N2O3S2/c1-14(25)15-8-10-16(11-9-15)21(26)24(13-17-5-4-12-27-17)22-23-20-18(28-2)6-3-7-19(20)29-22/h3,6-11,17H,4-5,12-13H2,1-2H3. The van der Waals surface area contributed by atoms with Gasteiger partial charge >= 0.3 is 0 Å². The molecule has 150 valence electrons. The molecule has 0 aliphatic carbocycles. The van der Waals surface area contributed by atoms with E-state index in [4.69, 9.17) is 9.72 Å². The number of ketones is 1. The quantitative estimate of drug-likeness (QED) is 0.408. The lowest BCUT2D eigenvalue weighted by molar-refractivity contribution is 0.0916. The number of benzene rings is 2. The van der Waals surface area contributed by atoms with Crippen LogP contribution in [-0.2, 0) is 4.74 Å². The first-order valence-corrected chi connectivity index (χ1v) is 11.6. The minimum Gasteiger partial charge on any atom is -0.376 e. The van der Waals surface area contributed by atoms with Crippen LogP contribution in [-0.4, -0.2) is 42.2 Å². The molecule has 1 saturated heterocycles. The van der Waals surface area contributed by atoms with Gasteiger partial charge in [0.15, 0.2) is 10.9 Å². The Hall–Kier alpha value is -2.22. The van der Waals surface area contributed by atoms with E-state index in [1.807, 2.05) is 24.5 Å². The molecule has 0 bridgehead atoms. The highest BCUT2D eigenvalue weighted by Gasteiger charge is 2.27. The van der Waals surface area contributed by atoms with E-state index in [2.05, 4.69) is 0 Å². The molecular weight excluding hydrogens is 404 g/mol. The molecule has 0 spiro atoms. The van der Waals surface area contributed by atoms with E-state index in [0.717, 1.165) is 34.6 Å². The molecule has 0 N–H and O–H groups in total. The molecule has 1 aliphatic rings. The second kappa shape index (κ2) is 8.65. The summed E-state index contributed by atoms with van der Waals surface area (Å²) in [6.07, 6.45) is 3.99. The summed E-state index contributed by atoms with van der Waals surface area (Å²) in [5.74, 6) is -0.142. The van der Waals surface area contributed by atoms with Crippen molar-refractivity contribution in [2.75, 3.05) is 24.3 Å². The maximum Gasteiger partial charge on any atom is 0.260 e. The van der Waals surface area contributed by atoms with Gasteiger partial charge in [0.2, 0.25) is 0 Å². The maximum atomic E-state index is 13.4. The Morgan fingerprint density at radius 3 is 2.62 bits per heavy atom. The van der Waals surface area contributed by atoms with Crippen LogP contribution >= 0.6 is 23.1 Å². The van der Waals surface area contributed by atoms with Crippen LogP contribution < -0.4 is 4.90 Å². The van der Waals surface area contributed by atoms with Crippen molar-refractivity contribution in [2.24, 2.45) is 0 Å². The number of hydrogen-bond donors (Lipinski definition) is 0. The number of aromatic nitrogens is 1. The van der Waals surface area contributed by atoms with Crippen molar-refractivity contribution in [3.63, 3.8) is 0 Å². The first-order valence-electron chi connectivity index (χ1n) is 9.55. The Morgan fingerprint density at radius 2 is 1.97 bits per heavy atom. The van der Waals surface area contributed by atoms with Crippen molar-refractivity contribution >= 4 is 50.1 Å². The molecule has 7 heteroatoms. The van der Waals surface area contributed by atoms with E-state index in [1.54, 1.807) is 40.9 Å². The average Bonchev–Trinajstić information content (AvgIpc) is 3.40. The van der Waals surface area contributed by atoms with Crippen molar-refractivity contribution < 1.29 is 14.3 Å². The molecule has 2 aromatic carbocycles. The highest BCUT2D eigenvalue weighted by Crippen LogP contribution is 2.35. The first-order chi connectivity index (χ1) is 14.1. The highest BCUT2D eigenvalue weighted by molar-refractivity contribution is 7.98. The van der Waals surface area contributed by atoms with Crippen LogP contribution in [0.3, 0.4) is 0 Å². The number of rotatable bonds is 6. The number of hydrogen-bond acceptors (Lipinski definition) is 6. The fourth-order valence-electron chi connectivity index (χ4n) is 3.43. The molecule has 29 heavy (non-hydrogen) atoms. The monoisotopic (exact) mass is 426 g/mol. The zero-order valence-electron chi connectivity index (χ0n) is 16.4. The van der Waals surface area contributed by atoms with Crippen LogP contribution in [0.1, 0.15) is 40.5 Å². The summed E-state index contributed by atoms with van der Waals surface area (Å²) >= 11 is 3.17. The number of thioether (sulfide) groups is 1. The first kappa shape index (κ1) is 20.1. The van der Waals surface area contributed by atoms with Crippen LogP contribution in [0.2, 0.25) is 0 Å². The minimum atomic E-state index is -0.125. The molecule has 0 saturated carbocycles. The molecule has 1 fully saturated rings. The molecule has 1 aromatic heterocycles. The van der Waals surface area contributed by atoms with E-state index in [1.165, 1.54) is 18.3 Å². The number of carbonyl (C=O) groups excluding carboxylic acids is 2. The lowest BCUT2D eigenvalue weighted by Crippen LogP contribution is -2.37. The molecule has 5 nitrogen and oxygen atoms in total. The molecule has 0 radical (unpaired) electrons. The summed E-state index contributed by atoms with van der Waals surface area (Å²) in [4.78, 5) is 32.6. The number of amides is 1. The lowest BCUT2D eigenvalue weighted by Gasteiger charge is -2.23. The minimum absolute atomic E-state index is 0.0162. The molecule has 1 atom stereocenters. The van der Waals surface area contributed by atoms with Crippen molar-refractivity contribution in [3.8, 4) is 0 Å². The third kappa shape index (κ3) is 4.22. The van der Waals surface area contributed by atoms with E-state index in [-0.39, 0.29) is 17.8 Å². The largest absolute Gasteiger partial charge is 0.376 e. The van der Waals surface area contributed by atoms with E-state index in [9.17, 15) is 9.59 Å². The number of nitrogens with zero attached hydrogens (tertiary/aromatic N) is 2. The molecule has 4 rings (SSSR count). The van der Waals surface area contributed by atoms with Gasteiger partial charge in [-0.15, -0.1) is 11.8 Å². The van der Waals surface area contributed by atoms with Crippen molar-refractivity contribution in [1.29, 1.82) is 0 Å². The van der Waals surface area contributed by atoms with Crippen LogP contribution in [0.25, 0.3) is 10.2 Å². The average molecular weight is 427 g/mol. The summed E-state index contributed by atoms with van der Waals surface area (Å²) in [6, 6.07) is 12.9. The Kier molecular flexibility index (Phi) is 5.99. The number of anilines is 1. The number of ether oxygens (including phenoxy) is 1. The topological polar surface area (TPSA) is 59.5 Å². The lowest BCUT2D eigenvalue weighted by atomic mass is 10.1. The van der Waals surface area contributed by atoms with Gasteiger partial charge in [-0.05, 0) is 50.3 Å². The van der Waals surface area contributed by atoms with Gasteiger partial charge in [-0.1, -0.05) is 29.5 Å². The highest BCUT2D eigenvalue weighted by atomic mass is 32.2. The van der Waals surface area contributed by atoms with Gasteiger partial charge in [-0.3, -0.25) is 14.5 Å². The van der Waals surface area contributed by atoms with Crippen LogP contribution in [0.4, 0.5) is 5.13 Å². The van der Waals surface area contributed by atoms with E-state index in [0.29, 0.717) is 22.8 Å². The van der Waals surface area contributed by atoms with Gasteiger partial charge in [-0.25, -0.2) is 4.98 Å². The van der Waals surface area contributed by atoms with Crippen LogP contribution in [0, 0.1) is 0 Å². The fourth-order valence-corrected chi connectivity index (χ4v) is 5.06. The fraction of sp³-hybridized carbons (Fsp3) is 0.318. The summed E-state index contributed by atoms with van der Waals surface area (Å²) in [6.45, 7) is 2.73. The predicted molar refractivity (Wildman–Crippen MR) is 118 cm³/mol. The Bertz CT molecular complexity index is 1040. The molecule has 1 amide bonds. The number of para-hydroxylation sites is 1. The summed E-state index contributed by atoms with van der Waals surface area (Å²) in [5.41, 5.74) is 2.06. The van der Waals surface area contributed by atoms with Gasteiger partial charge in [-0.2, -0.15) is 0 Å². The smallest absolute Gasteiger partial charge is 0.260 e. The van der Waals surface area contributed by atoms with Crippen molar-refractivity contribution in [2.45, 2.75) is 30.8 Å². The third-order valence-electron chi connectivity index (χ3n) is 5.02. The summed E-state index contributed by atoms with van der Waals surface area (Å²) in [5, 5.41) is 0.678. The Balaban J connectivity index is 1.71. The number of Topliss-reactive ketones (excluding diaryl/α,β-unsaturated/α-hetero) is 1. The normalized spacial score (nSPS) is 16.3. The summed E-state index contributed by atoms with van der Waals surface area (Å²) < 4.78 is 6.85. The van der Waals surface area contributed by atoms with Gasteiger partial charge < -0.3 is 4.74 Å². The third-order valence-corrected chi connectivity index (χ3v) is 6.83. The molecular formula is C22H22N2O3S2. The molecule has 1 unspecified atom stereocenters. The van der Waals surface area contributed by atoms with E-state index < -0.39 is 0 Å². The Labute approximate surface area is 178 Å². The maximum absolute atomic E-state index is 13.4. The molecule has 2 heterocycles. The number of thiazole rings is 1. The Morgan fingerprint density at radius 1 is 1.21 bits per heavy atom. The van der Waals surface area contributed by atoms with E-state index >= 15 is 0 Å².